The minimum absolute atomic E-state index is 0.286. The number of halogens is 1. The Morgan fingerprint density at radius 2 is 1.90 bits per heavy atom. The molecule has 0 bridgehead atoms. The Labute approximate surface area is 182 Å². The second-order valence-electron chi connectivity index (χ2n) is 6.96. The van der Waals surface area contributed by atoms with Gasteiger partial charge in [0.05, 0.1) is 7.11 Å². The van der Waals surface area contributed by atoms with E-state index in [0.717, 1.165) is 11.1 Å². The zero-order valence-electron chi connectivity index (χ0n) is 17.0. The summed E-state index contributed by atoms with van der Waals surface area (Å²) in [5.41, 5.74) is 1.00. The molecule has 2 aromatic carbocycles. The molecule has 0 spiro atoms. The van der Waals surface area contributed by atoms with Gasteiger partial charge in [-0.1, -0.05) is 72.8 Å². The molecular weight excluding hydrogens is 398 g/mol. The van der Waals surface area contributed by atoms with Crippen LogP contribution in [0.25, 0.3) is 0 Å². The van der Waals surface area contributed by atoms with E-state index in [1.54, 1.807) is 12.1 Å². The summed E-state index contributed by atoms with van der Waals surface area (Å²) in [5, 5.41) is 0.622. The lowest BCUT2D eigenvalue weighted by Crippen LogP contribution is -2.49. The monoisotopic (exact) mass is 421 g/mol. The molecular formula is C25H24ClNO3. The van der Waals surface area contributed by atoms with Crippen LogP contribution in [0.1, 0.15) is 18.1 Å². The number of nitrogens with zero attached hydrogens (tertiary/aromatic N) is 1. The molecule has 0 radical (unpaired) electrons. The van der Waals surface area contributed by atoms with Crippen LogP contribution in [0.15, 0.2) is 96.0 Å². The van der Waals surface area contributed by atoms with E-state index in [4.69, 9.17) is 26.1 Å². The van der Waals surface area contributed by atoms with Crippen molar-refractivity contribution in [1.29, 1.82) is 0 Å². The number of ether oxygens (including phenoxy) is 2. The third kappa shape index (κ3) is 4.55. The van der Waals surface area contributed by atoms with Crippen LogP contribution >= 0.6 is 11.6 Å². The number of rotatable bonds is 7. The fourth-order valence-corrected chi connectivity index (χ4v) is 3.52. The molecule has 0 aromatic heterocycles. The van der Waals surface area contributed by atoms with Crippen molar-refractivity contribution in [3.05, 3.63) is 107 Å². The lowest BCUT2D eigenvalue weighted by molar-refractivity contribution is -0.148. The number of carbonyl (C=O) groups is 1. The van der Waals surface area contributed by atoms with Gasteiger partial charge in [-0.05, 0) is 42.3 Å². The predicted molar refractivity (Wildman–Crippen MR) is 121 cm³/mol. The molecule has 0 fully saturated rings. The average molecular weight is 422 g/mol. The van der Waals surface area contributed by atoms with Crippen LogP contribution in [0.2, 0.25) is 5.02 Å². The Balaban J connectivity index is 2.09. The first-order chi connectivity index (χ1) is 14.5. The number of methoxy groups -OCH3 is 1. The maximum Gasteiger partial charge on any atom is 0.338 e. The van der Waals surface area contributed by atoms with E-state index in [-0.39, 0.29) is 6.42 Å². The number of allylic oxidation sites excluding steroid dienone is 3. The zero-order valence-corrected chi connectivity index (χ0v) is 17.8. The summed E-state index contributed by atoms with van der Waals surface area (Å²) in [6.45, 7) is 6.08. The maximum absolute atomic E-state index is 13.1. The molecule has 0 unspecified atom stereocenters. The zero-order chi connectivity index (χ0) is 21.6. The van der Waals surface area contributed by atoms with Crippen LogP contribution in [-0.4, -0.2) is 30.6 Å². The largest absolute Gasteiger partial charge is 0.467 e. The summed E-state index contributed by atoms with van der Waals surface area (Å²) >= 11 is 6.03. The third-order valence-electron chi connectivity index (χ3n) is 4.86. The van der Waals surface area contributed by atoms with Gasteiger partial charge < -0.3 is 9.47 Å². The molecule has 0 aliphatic carbocycles. The summed E-state index contributed by atoms with van der Waals surface area (Å²) in [5.74, 6) is -0.0884. The van der Waals surface area contributed by atoms with E-state index in [1.165, 1.54) is 7.11 Å². The summed E-state index contributed by atoms with van der Waals surface area (Å²) < 4.78 is 11.4. The van der Waals surface area contributed by atoms with Crippen molar-refractivity contribution in [2.45, 2.75) is 25.0 Å². The summed E-state index contributed by atoms with van der Waals surface area (Å²) in [6, 6.07) is 16.8. The maximum atomic E-state index is 13.1. The topological polar surface area (TPSA) is 47.9 Å². The number of aliphatic imine (C=N–C) groups is 1. The molecule has 1 heterocycles. The standard InChI is InChI=1S/C25H24ClNO3/c1-4-5-7-10-18(2)22-25(24(28)29-3,17-19-13-15-21(26)16-14-19)27-23(30-22)20-11-8-6-9-12-20/h4-16,22H,2,17H2,1,3H3/b5-4-,10-7-/t22-,25-/m0/s1. The van der Waals surface area contributed by atoms with E-state index in [0.29, 0.717) is 16.5 Å². The van der Waals surface area contributed by atoms with Crippen molar-refractivity contribution in [1.82, 2.24) is 0 Å². The summed E-state index contributed by atoms with van der Waals surface area (Å²) in [4.78, 5) is 17.9. The first-order valence-electron chi connectivity index (χ1n) is 9.63. The van der Waals surface area contributed by atoms with Gasteiger partial charge in [-0.25, -0.2) is 9.79 Å². The van der Waals surface area contributed by atoms with Crippen LogP contribution in [0.3, 0.4) is 0 Å². The first-order valence-corrected chi connectivity index (χ1v) is 10.0. The fraction of sp³-hybridized carbons (Fsp3) is 0.200. The number of hydrogen-bond donors (Lipinski definition) is 0. The minimum atomic E-state index is -1.30. The highest BCUT2D eigenvalue weighted by atomic mass is 35.5. The van der Waals surface area contributed by atoms with Gasteiger partial charge >= 0.3 is 5.97 Å². The highest BCUT2D eigenvalue weighted by Gasteiger charge is 2.54. The van der Waals surface area contributed by atoms with Gasteiger partial charge in [0.15, 0.2) is 6.10 Å². The van der Waals surface area contributed by atoms with Gasteiger partial charge in [0.25, 0.3) is 0 Å². The first kappa shape index (κ1) is 21.6. The molecule has 4 nitrogen and oxygen atoms in total. The van der Waals surface area contributed by atoms with Gasteiger partial charge in [-0.15, -0.1) is 0 Å². The molecule has 5 heteroatoms. The summed E-state index contributed by atoms with van der Waals surface area (Å²) in [6.07, 6.45) is 7.06. The Bertz CT molecular complexity index is 993. The minimum Gasteiger partial charge on any atom is -0.467 e. The number of carbonyl (C=O) groups excluding carboxylic acids is 1. The number of benzene rings is 2. The van der Waals surface area contributed by atoms with Gasteiger partial charge in [-0.3, -0.25) is 0 Å². The molecule has 0 amide bonds. The van der Waals surface area contributed by atoms with Crippen molar-refractivity contribution in [3.63, 3.8) is 0 Å². The van der Waals surface area contributed by atoms with Crippen LogP contribution in [0.4, 0.5) is 0 Å². The van der Waals surface area contributed by atoms with Crippen molar-refractivity contribution in [2.24, 2.45) is 4.99 Å². The predicted octanol–water partition coefficient (Wildman–Crippen LogP) is 5.33. The Morgan fingerprint density at radius 1 is 1.20 bits per heavy atom. The van der Waals surface area contributed by atoms with Gasteiger partial charge in [-0.2, -0.15) is 0 Å². The van der Waals surface area contributed by atoms with Crippen molar-refractivity contribution in [2.75, 3.05) is 7.11 Å². The summed E-state index contributed by atoms with van der Waals surface area (Å²) in [7, 11) is 1.36. The quantitative estimate of drug-likeness (QED) is 0.448. The normalized spacial score (nSPS) is 20.9. The van der Waals surface area contributed by atoms with Gasteiger partial charge in [0.2, 0.25) is 11.4 Å². The van der Waals surface area contributed by atoms with Crippen molar-refractivity contribution < 1.29 is 14.3 Å². The van der Waals surface area contributed by atoms with E-state index in [9.17, 15) is 4.79 Å². The molecule has 1 aliphatic heterocycles. The van der Waals surface area contributed by atoms with Crippen LogP contribution in [-0.2, 0) is 20.7 Å². The average Bonchev–Trinajstić information content (AvgIpc) is 3.16. The molecule has 30 heavy (non-hydrogen) atoms. The van der Waals surface area contributed by atoms with Crippen LogP contribution < -0.4 is 0 Å². The molecule has 2 aromatic rings. The highest BCUT2D eigenvalue weighted by molar-refractivity contribution is 6.30. The molecule has 0 saturated carbocycles. The second kappa shape index (κ2) is 9.59. The molecule has 0 N–H and O–H groups in total. The molecule has 1 aliphatic rings. The van der Waals surface area contributed by atoms with Crippen molar-refractivity contribution >= 4 is 23.5 Å². The van der Waals surface area contributed by atoms with Gasteiger partial charge in [0.1, 0.15) is 0 Å². The molecule has 154 valence electrons. The number of esters is 1. The third-order valence-corrected chi connectivity index (χ3v) is 5.11. The van der Waals surface area contributed by atoms with Gasteiger partial charge in [0, 0.05) is 17.0 Å². The van der Waals surface area contributed by atoms with E-state index >= 15 is 0 Å². The Morgan fingerprint density at radius 3 is 2.53 bits per heavy atom. The second-order valence-corrected chi connectivity index (χ2v) is 7.40. The highest BCUT2D eigenvalue weighted by Crippen LogP contribution is 2.37. The van der Waals surface area contributed by atoms with E-state index < -0.39 is 17.6 Å². The van der Waals surface area contributed by atoms with Crippen LogP contribution in [0.5, 0.6) is 0 Å². The molecule has 3 rings (SSSR count). The fourth-order valence-electron chi connectivity index (χ4n) is 3.40. The van der Waals surface area contributed by atoms with E-state index in [1.807, 2.05) is 73.7 Å². The number of hydrogen-bond acceptors (Lipinski definition) is 4. The Hall–Kier alpha value is -3.11. The smallest absolute Gasteiger partial charge is 0.338 e. The lowest BCUT2D eigenvalue weighted by atomic mass is 9.83. The molecule has 2 atom stereocenters. The SMILES string of the molecule is C=C(/C=C\C=C/C)[C@@H]1OC(c2ccccc2)=N[C@]1(Cc1ccc(Cl)cc1)C(=O)OC. The molecule has 0 saturated heterocycles. The van der Waals surface area contributed by atoms with Crippen LogP contribution in [0, 0.1) is 0 Å². The Kier molecular flexibility index (Phi) is 6.91. The van der Waals surface area contributed by atoms with Crippen molar-refractivity contribution in [3.8, 4) is 0 Å². The lowest BCUT2D eigenvalue weighted by Gasteiger charge is -2.29. The van der Waals surface area contributed by atoms with E-state index in [2.05, 4.69) is 6.58 Å².